The lowest BCUT2D eigenvalue weighted by molar-refractivity contribution is -0.113. The zero-order valence-electron chi connectivity index (χ0n) is 17.2. The number of nitrogens with one attached hydrogen (secondary N) is 2. The molecule has 6 nitrogen and oxygen atoms in total. The summed E-state index contributed by atoms with van der Waals surface area (Å²) >= 11 is 4.10. The average Bonchev–Trinajstić information content (AvgIpc) is 3.24. The highest BCUT2D eigenvalue weighted by Crippen LogP contribution is 2.24. The van der Waals surface area contributed by atoms with E-state index in [1.165, 1.54) is 35.1 Å². The Kier molecular flexibility index (Phi) is 7.41. The summed E-state index contributed by atoms with van der Waals surface area (Å²) in [7, 11) is 0. The van der Waals surface area contributed by atoms with E-state index >= 15 is 0 Å². The largest absolute Gasteiger partial charge is 0.322 e. The molecular formula is C23H20N4O2S3. The fourth-order valence-corrected chi connectivity index (χ4v) is 4.99. The molecular weight excluding hydrogens is 460 g/mol. The summed E-state index contributed by atoms with van der Waals surface area (Å²) in [6, 6.07) is 21.0. The third-order valence-electron chi connectivity index (χ3n) is 4.40. The molecule has 162 valence electrons. The van der Waals surface area contributed by atoms with Gasteiger partial charge in [-0.15, -0.1) is 11.8 Å². The normalized spacial score (nSPS) is 10.8. The predicted molar refractivity (Wildman–Crippen MR) is 134 cm³/mol. The fourth-order valence-electron chi connectivity index (χ4n) is 2.95. The minimum atomic E-state index is -0.173. The summed E-state index contributed by atoms with van der Waals surface area (Å²) in [4.78, 5) is 30.1. The standard InChI is InChI=1S/C23H20N4O2S3/c1-2-30-23-26-22(32-27-23)25-20(28)14-31-19-9-5-8-18(13-19)24-21(29)17-11-10-15-6-3-4-7-16(15)12-17/h3-13H,2,14H2,1H3,(H,24,29)(H,25,26,27,28). The molecule has 4 rings (SSSR count). The van der Waals surface area contributed by atoms with Crippen LogP contribution < -0.4 is 10.6 Å². The van der Waals surface area contributed by atoms with Crippen molar-refractivity contribution >= 4 is 68.5 Å². The minimum Gasteiger partial charge on any atom is -0.322 e. The SMILES string of the molecule is CCSc1nsc(NC(=O)CSc2cccc(NC(=O)c3ccc4ccccc4c3)c2)n1. The molecule has 0 radical (unpaired) electrons. The van der Waals surface area contributed by atoms with Gasteiger partial charge in [0.1, 0.15) is 0 Å². The second-order valence-corrected chi connectivity index (χ2v) is 9.73. The molecule has 1 heterocycles. The van der Waals surface area contributed by atoms with E-state index in [1.807, 2.05) is 73.7 Å². The van der Waals surface area contributed by atoms with Crippen LogP contribution in [-0.2, 0) is 4.79 Å². The summed E-state index contributed by atoms with van der Waals surface area (Å²) in [5, 5.41) is 9.00. The maximum atomic E-state index is 12.7. The number of anilines is 2. The second kappa shape index (κ2) is 10.6. The first-order chi connectivity index (χ1) is 15.6. The monoisotopic (exact) mass is 480 g/mol. The third kappa shape index (κ3) is 5.87. The zero-order valence-corrected chi connectivity index (χ0v) is 19.7. The van der Waals surface area contributed by atoms with Crippen molar-refractivity contribution in [3.8, 4) is 0 Å². The number of carbonyl (C=O) groups is 2. The van der Waals surface area contributed by atoms with Gasteiger partial charge in [0.05, 0.1) is 5.75 Å². The van der Waals surface area contributed by atoms with Crippen molar-refractivity contribution in [1.82, 2.24) is 9.36 Å². The molecule has 4 aromatic rings. The van der Waals surface area contributed by atoms with E-state index in [4.69, 9.17) is 0 Å². The van der Waals surface area contributed by atoms with Crippen LogP contribution in [-0.4, -0.2) is 32.7 Å². The van der Waals surface area contributed by atoms with E-state index in [0.29, 0.717) is 21.5 Å². The van der Waals surface area contributed by atoms with E-state index in [9.17, 15) is 9.59 Å². The van der Waals surface area contributed by atoms with Gasteiger partial charge in [-0.05, 0) is 46.9 Å². The van der Waals surface area contributed by atoms with Crippen molar-refractivity contribution in [3.63, 3.8) is 0 Å². The number of amides is 2. The molecule has 0 saturated carbocycles. The molecule has 2 amide bonds. The Morgan fingerprint density at radius 2 is 1.78 bits per heavy atom. The van der Waals surface area contributed by atoms with Crippen LogP contribution in [0.3, 0.4) is 0 Å². The van der Waals surface area contributed by atoms with Gasteiger partial charge in [0.2, 0.25) is 16.2 Å². The molecule has 0 bridgehead atoms. The Morgan fingerprint density at radius 1 is 0.938 bits per heavy atom. The van der Waals surface area contributed by atoms with Crippen LogP contribution in [0.25, 0.3) is 10.8 Å². The maximum absolute atomic E-state index is 12.7. The van der Waals surface area contributed by atoms with Crippen molar-refractivity contribution in [2.75, 3.05) is 22.1 Å². The lowest BCUT2D eigenvalue weighted by Crippen LogP contribution is -2.14. The van der Waals surface area contributed by atoms with Crippen LogP contribution in [0.2, 0.25) is 0 Å². The van der Waals surface area contributed by atoms with Crippen molar-refractivity contribution in [1.29, 1.82) is 0 Å². The Balaban J connectivity index is 1.34. The first-order valence-corrected chi connectivity index (χ1v) is 12.6. The van der Waals surface area contributed by atoms with Gasteiger partial charge < -0.3 is 5.32 Å². The predicted octanol–water partition coefficient (Wildman–Crippen LogP) is 5.79. The zero-order chi connectivity index (χ0) is 22.3. The van der Waals surface area contributed by atoms with Crippen LogP contribution in [0.4, 0.5) is 10.8 Å². The molecule has 0 aliphatic carbocycles. The van der Waals surface area contributed by atoms with Crippen molar-refractivity contribution in [2.24, 2.45) is 0 Å². The van der Waals surface area contributed by atoms with Gasteiger partial charge in [0.25, 0.3) is 5.91 Å². The summed E-state index contributed by atoms with van der Waals surface area (Å²) in [5.41, 5.74) is 1.28. The topological polar surface area (TPSA) is 84.0 Å². The number of benzene rings is 3. The number of hydrogen-bond donors (Lipinski definition) is 2. The van der Waals surface area contributed by atoms with Crippen LogP contribution in [0, 0.1) is 0 Å². The molecule has 9 heteroatoms. The summed E-state index contributed by atoms with van der Waals surface area (Å²) in [6.45, 7) is 2.03. The molecule has 0 unspecified atom stereocenters. The number of nitrogens with zero attached hydrogens (tertiary/aromatic N) is 2. The van der Waals surface area contributed by atoms with Crippen molar-refractivity contribution in [2.45, 2.75) is 17.0 Å². The lowest BCUT2D eigenvalue weighted by Gasteiger charge is -2.08. The minimum absolute atomic E-state index is 0.148. The lowest BCUT2D eigenvalue weighted by atomic mass is 10.1. The van der Waals surface area contributed by atoms with Gasteiger partial charge in [0, 0.05) is 27.7 Å². The van der Waals surface area contributed by atoms with E-state index in [-0.39, 0.29) is 17.6 Å². The smallest absolute Gasteiger partial charge is 0.255 e. The van der Waals surface area contributed by atoms with Crippen molar-refractivity contribution in [3.05, 3.63) is 72.3 Å². The second-order valence-electron chi connectivity index (χ2n) is 6.70. The van der Waals surface area contributed by atoms with E-state index in [1.54, 1.807) is 0 Å². The van der Waals surface area contributed by atoms with Gasteiger partial charge in [-0.2, -0.15) is 9.36 Å². The Bertz CT molecular complexity index is 1260. The number of rotatable bonds is 8. The molecule has 2 N–H and O–H groups in total. The molecule has 0 spiro atoms. The first kappa shape index (κ1) is 22.3. The maximum Gasteiger partial charge on any atom is 0.255 e. The fraction of sp³-hybridized carbons (Fsp3) is 0.130. The van der Waals surface area contributed by atoms with Crippen LogP contribution in [0.5, 0.6) is 0 Å². The van der Waals surface area contributed by atoms with Crippen LogP contribution in [0.1, 0.15) is 17.3 Å². The van der Waals surface area contributed by atoms with E-state index in [2.05, 4.69) is 20.0 Å². The van der Waals surface area contributed by atoms with Gasteiger partial charge in [-0.3, -0.25) is 14.9 Å². The summed E-state index contributed by atoms with van der Waals surface area (Å²) < 4.78 is 4.19. The van der Waals surface area contributed by atoms with Crippen LogP contribution >= 0.6 is 35.1 Å². The Labute approximate surface area is 198 Å². The average molecular weight is 481 g/mol. The molecule has 32 heavy (non-hydrogen) atoms. The number of aromatic nitrogens is 2. The highest BCUT2D eigenvalue weighted by atomic mass is 32.2. The van der Waals surface area contributed by atoms with E-state index in [0.717, 1.165) is 21.4 Å². The van der Waals surface area contributed by atoms with E-state index < -0.39 is 0 Å². The number of thioether (sulfide) groups is 2. The van der Waals surface area contributed by atoms with Gasteiger partial charge in [0.15, 0.2) is 0 Å². The van der Waals surface area contributed by atoms with Gasteiger partial charge >= 0.3 is 0 Å². The van der Waals surface area contributed by atoms with Crippen LogP contribution in [0.15, 0.2) is 76.8 Å². The number of fused-ring (bicyclic) bond motifs is 1. The summed E-state index contributed by atoms with van der Waals surface area (Å²) in [6.07, 6.45) is 0. The van der Waals surface area contributed by atoms with Crippen molar-refractivity contribution < 1.29 is 9.59 Å². The number of hydrogen-bond acceptors (Lipinski definition) is 7. The molecule has 0 saturated heterocycles. The molecule has 0 fully saturated rings. The summed E-state index contributed by atoms with van der Waals surface area (Å²) in [5.74, 6) is 0.795. The molecule has 1 aromatic heterocycles. The molecule has 0 aliphatic heterocycles. The van der Waals surface area contributed by atoms with Gasteiger partial charge in [-0.25, -0.2) is 0 Å². The number of carbonyl (C=O) groups excluding carboxylic acids is 2. The molecule has 0 aliphatic rings. The molecule has 0 atom stereocenters. The first-order valence-electron chi connectivity index (χ1n) is 9.90. The quantitative estimate of drug-likeness (QED) is 0.311. The molecule has 3 aromatic carbocycles. The Morgan fingerprint density at radius 3 is 2.62 bits per heavy atom. The third-order valence-corrected chi connectivity index (χ3v) is 6.87. The Hall–Kier alpha value is -2.88. The highest BCUT2D eigenvalue weighted by molar-refractivity contribution is 8.00. The highest BCUT2D eigenvalue weighted by Gasteiger charge is 2.10. The van der Waals surface area contributed by atoms with Gasteiger partial charge in [-0.1, -0.05) is 55.1 Å².